The van der Waals surface area contributed by atoms with E-state index in [0.29, 0.717) is 22.9 Å². The van der Waals surface area contributed by atoms with Crippen molar-refractivity contribution in [3.8, 4) is 0 Å². The van der Waals surface area contributed by atoms with Gasteiger partial charge in [-0.25, -0.2) is 9.48 Å². The van der Waals surface area contributed by atoms with Gasteiger partial charge in [0.2, 0.25) is 5.91 Å². The molecule has 1 fully saturated rings. The van der Waals surface area contributed by atoms with Gasteiger partial charge in [-0.3, -0.25) is 9.59 Å². The molecule has 1 atom stereocenters. The molecular weight excluding hydrogens is 356 g/mol. The predicted molar refractivity (Wildman–Crippen MR) is 98.7 cm³/mol. The molecule has 0 saturated carbocycles. The molecule has 1 aliphatic heterocycles. The van der Waals surface area contributed by atoms with Crippen LogP contribution in [0.1, 0.15) is 22.5 Å². The predicted octanol–water partition coefficient (Wildman–Crippen LogP) is 1.48. The molecule has 138 valence electrons. The molecule has 1 aliphatic rings. The van der Waals surface area contributed by atoms with Crippen LogP contribution in [-0.2, 0) is 16.6 Å². The molecule has 0 unspecified atom stereocenters. The Balaban J connectivity index is 1.70. The topological polar surface area (TPSA) is 93.5 Å². The van der Waals surface area contributed by atoms with Gasteiger partial charge in [0, 0.05) is 26.2 Å². The molecule has 0 spiro atoms. The van der Waals surface area contributed by atoms with Crippen LogP contribution < -0.4 is 15.8 Å². The van der Waals surface area contributed by atoms with Gasteiger partial charge in [0.05, 0.1) is 18.7 Å². The molecule has 1 amide bonds. The van der Waals surface area contributed by atoms with E-state index in [4.69, 9.17) is 4.74 Å². The van der Waals surface area contributed by atoms with Crippen molar-refractivity contribution in [1.82, 2.24) is 9.78 Å². The summed E-state index contributed by atoms with van der Waals surface area (Å²) in [6, 6.07) is 4.85. The SMILES string of the molecule is COC(=O)c1sccc1NC(=O)[C@H]1CCCN(c2ccc(=O)n(C)n2)C1. The Labute approximate surface area is 154 Å². The van der Waals surface area contributed by atoms with Gasteiger partial charge >= 0.3 is 5.97 Å². The third-order valence-electron chi connectivity index (χ3n) is 4.36. The maximum atomic E-state index is 12.7. The zero-order valence-corrected chi connectivity index (χ0v) is 15.4. The van der Waals surface area contributed by atoms with Crippen molar-refractivity contribution in [2.45, 2.75) is 12.8 Å². The number of nitrogens with one attached hydrogen (secondary N) is 1. The van der Waals surface area contributed by atoms with E-state index in [1.807, 2.05) is 4.90 Å². The Morgan fingerprint density at radius 1 is 1.35 bits per heavy atom. The van der Waals surface area contributed by atoms with Crippen LogP contribution in [0.15, 0.2) is 28.4 Å². The summed E-state index contributed by atoms with van der Waals surface area (Å²) in [6.07, 6.45) is 1.60. The Morgan fingerprint density at radius 3 is 2.88 bits per heavy atom. The molecule has 2 aromatic rings. The third-order valence-corrected chi connectivity index (χ3v) is 5.25. The number of aromatic nitrogens is 2. The Kier molecular flexibility index (Phi) is 5.36. The number of esters is 1. The molecule has 1 saturated heterocycles. The van der Waals surface area contributed by atoms with Gasteiger partial charge < -0.3 is 15.0 Å². The van der Waals surface area contributed by atoms with Crippen LogP contribution >= 0.6 is 11.3 Å². The van der Waals surface area contributed by atoms with E-state index in [2.05, 4.69) is 10.4 Å². The number of carbonyl (C=O) groups excluding carboxylic acids is 2. The number of ether oxygens (including phenoxy) is 1. The average molecular weight is 376 g/mol. The fourth-order valence-electron chi connectivity index (χ4n) is 2.95. The molecule has 3 heterocycles. The molecule has 2 aromatic heterocycles. The molecule has 0 aromatic carbocycles. The van der Waals surface area contributed by atoms with Crippen LogP contribution in [0.3, 0.4) is 0 Å². The number of anilines is 2. The first-order valence-electron chi connectivity index (χ1n) is 8.25. The summed E-state index contributed by atoms with van der Waals surface area (Å²) in [4.78, 5) is 38.3. The molecule has 1 N–H and O–H groups in total. The number of aryl methyl sites for hydroxylation is 1. The number of thiophene rings is 1. The molecule has 9 heteroatoms. The first-order valence-corrected chi connectivity index (χ1v) is 9.13. The summed E-state index contributed by atoms with van der Waals surface area (Å²) in [6.45, 7) is 1.29. The van der Waals surface area contributed by atoms with Crippen molar-refractivity contribution in [3.63, 3.8) is 0 Å². The zero-order valence-electron chi connectivity index (χ0n) is 14.6. The summed E-state index contributed by atoms with van der Waals surface area (Å²) >= 11 is 1.23. The Morgan fingerprint density at radius 2 is 2.15 bits per heavy atom. The Hall–Kier alpha value is -2.68. The van der Waals surface area contributed by atoms with Crippen LogP contribution in [0.4, 0.5) is 11.5 Å². The number of carbonyl (C=O) groups is 2. The van der Waals surface area contributed by atoms with Crippen LogP contribution in [0, 0.1) is 5.92 Å². The Bertz CT molecular complexity index is 876. The van der Waals surface area contributed by atoms with E-state index in [1.165, 1.54) is 29.2 Å². The first kappa shape index (κ1) is 18.1. The van der Waals surface area contributed by atoms with Gasteiger partial charge in [0.25, 0.3) is 5.56 Å². The number of rotatable bonds is 4. The number of methoxy groups -OCH3 is 1. The molecular formula is C17H20N4O4S. The lowest BCUT2D eigenvalue weighted by molar-refractivity contribution is -0.120. The minimum absolute atomic E-state index is 0.136. The van der Waals surface area contributed by atoms with Crippen molar-refractivity contribution >= 4 is 34.7 Å². The standard InChI is InChI=1S/C17H20N4O4S/c1-20-14(22)6-5-13(19-20)21-8-3-4-11(10-21)16(23)18-12-7-9-26-15(12)17(24)25-2/h5-7,9,11H,3-4,8,10H2,1-2H3,(H,18,23)/t11-/m0/s1. The van der Waals surface area contributed by atoms with Crippen molar-refractivity contribution in [3.05, 3.63) is 38.8 Å². The van der Waals surface area contributed by atoms with Gasteiger partial charge in [-0.2, -0.15) is 5.10 Å². The summed E-state index contributed by atoms with van der Waals surface area (Å²) in [5, 5.41) is 8.83. The van der Waals surface area contributed by atoms with Crippen LogP contribution in [-0.4, -0.2) is 41.9 Å². The molecule has 0 radical (unpaired) electrons. The van der Waals surface area contributed by atoms with Crippen molar-refractivity contribution in [2.75, 3.05) is 30.4 Å². The smallest absolute Gasteiger partial charge is 0.350 e. The van der Waals surface area contributed by atoms with E-state index < -0.39 is 5.97 Å². The summed E-state index contributed by atoms with van der Waals surface area (Å²) < 4.78 is 6.02. The van der Waals surface area contributed by atoms with Gasteiger partial charge in [0.1, 0.15) is 10.7 Å². The van der Waals surface area contributed by atoms with Gasteiger partial charge in [-0.15, -0.1) is 11.3 Å². The number of piperidine rings is 1. The van der Waals surface area contributed by atoms with Crippen molar-refractivity contribution in [2.24, 2.45) is 13.0 Å². The molecule has 0 bridgehead atoms. The summed E-state index contributed by atoms with van der Waals surface area (Å²) in [5.74, 6) is -0.151. The fraction of sp³-hybridized carbons (Fsp3) is 0.412. The molecule has 3 rings (SSSR count). The quantitative estimate of drug-likeness (QED) is 0.813. The molecule has 8 nitrogen and oxygen atoms in total. The number of amides is 1. The van der Waals surface area contributed by atoms with Crippen LogP contribution in [0.5, 0.6) is 0 Å². The maximum absolute atomic E-state index is 12.7. The van der Waals surface area contributed by atoms with Crippen LogP contribution in [0.25, 0.3) is 0 Å². The van der Waals surface area contributed by atoms with Gasteiger partial charge in [-0.05, 0) is 30.4 Å². The second-order valence-corrected chi connectivity index (χ2v) is 7.00. The lowest BCUT2D eigenvalue weighted by Crippen LogP contribution is -2.41. The van der Waals surface area contributed by atoms with Crippen LogP contribution in [0.2, 0.25) is 0 Å². The fourth-order valence-corrected chi connectivity index (χ4v) is 3.72. The lowest BCUT2D eigenvalue weighted by atomic mass is 9.97. The largest absolute Gasteiger partial charge is 0.465 e. The van der Waals surface area contributed by atoms with E-state index >= 15 is 0 Å². The summed E-state index contributed by atoms with van der Waals surface area (Å²) in [5.41, 5.74) is 0.303. The van der Waals surface area contributed by atoms with Gasteiger partial charge in [0.15, 0.2) is 0 Å². The minimum Gasteiger partial charge on any atom is -0.465 e. The minimum atomic E-state index is -0.463. The monoisotopic (exact) mass is 376 g/mol. The highest BCUT2D eigenvalue weighted by atomic mass is 32.1. The summed E-state index contributed by atoms with van der Waals surface area (Å²) in [7, 11) is 2.91. The molecule has 0 aliphatic carbocycles. The average Bonchev–Trinajstić information content (AvgIpc) is 3.11. The highest BCUT2D eigenvalue weighted by Gasteiger charge is 2.28. The number of hydrogen-bond donors (Lipinski definition) is 1. The highest BCUT2D eigenvalue weighted by Crippen LogP contribution is 2.26. The van der Waals surface area contributed by atoms with Gasteiger partial charge in [-0.1, -0.05) is 0 Å². The maximum Gasteiger partial charge on any atom is 0.350 e. The zero-order chi connectivity index (χ0) is 18.7. The van der Waals surface area contributed by atoms with E-state index in [1.54, 1.807) is 24.6 Å². The van der Waals surface area contributed by atoms with Crippen molar-refractivity contribution < 1.29 is 14.3 Å². The second kappa shape index (κ2) is 7.69. The molecule has 26 heavy (non-hydrogen) atoms. The van der Waals surface area contributed by atoms with E-state index in [0.717, 1.165) is 19.4 Å². The number of hydrogen-bond acceptors (Lipinski definition) is 7. The van der Waals surface area contributed by atoms with E-state index in [-0.39, 0.29) is 17.4 Å². The lowest BCUT2D eigenvalue weighted by Gasteiger charge is -2.32. The number of nitrogens with zero attached hydrogens (tertiary/aromatic N) is 3. The second-order valence-electron chi connectivity index (χ2n) is 6.08. The third kappa shape index (κ3) is 3.77. The normalized spacial score (nSPS) is 17.0. The first-order chi connectivity index (χ1) is 12.5. The van der Waals surface area contributed by atoms with E-state index in [9.17, 15) is 14.4 Å². The highest BCUT2D eigenvalue weighted by molar-refractivity contribution is 7.12. The van der Waals surface area contributed by atoms with Crippen molar-refractivity contribution in [1.29, 1.82) is 0 Å².